The molecule has 0 heterocycles. The van der Waals surface area contributed by atoms with E-state index in [9.17, 15) is 9.59 Å². The van der Waals surface area contributed by atoms with Crippen LogP contribution in [0.4, 0.5) is 0 Å². The van der Waals surface area contributed by atoms with Gasteiger partial charge in [0.25, 0.3) is 0 Å². The first-order valence-electron chi connectivity index (χ1n) is 11.2. The first kappa shape index (κ1) is 26.2. The molecule has 1 N–H and O–H groups in total. The van der Waals surface area contributed by atoms with Gasteiger partial charge in [-0.25, -0.2) is 0 Å². The Morgan fingerprint density at radius 1 is 1.00 bits per heavy atom. The fourth-order valence-corrected chi connectivity index (χ4v) is 4.07. The van der Waals surface area contributed by atoms with Gasteiger partial charge in [-0.1, -0.05) is 74.3 Å². The Morgan fingerprint density at radius 3 is 2.19 bits per heavy atom. The van der Waals surface area contributed by atoms with E-state index in [1.807, 2.05) is 26.8 Å². The van der Waals surface area contributed by atoms with Gasteiger partial charge in [-0.2, -0.15) is 0 Å². The number of hydrogen-bond donors (Lipinski definition) is 1. The maximum atomic E-state index is 13.3. The van der Waals surface area contributed by atoms with Gasteiger partial charge in [0.1, 0.15) is 6.04 Å². The van der Waals surface area contributed by atoms with Gasteiger partial charge in [0, 0.05) is 29.1 Å². The normalized spacial score (nSPS) is 12.2. The molecule has 0 bridgehead atoms. The summed E-state index contributed by atoms with van der Waals surface area (Å²) in [6, 6.07) is 13.0. The molecule has 2 aromatic rings. The predicted octanol–water partition coefficient (Wildman–Crippen LogP) is 6.38. The molecule has 32 heavy (non-hydrogen) atoms. The van der Waals surface area contributed by atoms with E-state index < -0.39 is 6.04 Å². The minimum Gasteiger partial charge on any atom is -0.352 e. The quantitative estimate of drug-likeness (QED) is 0.432. The molecule has 6 heteroatoms. The molecule has 4 nitrogen and oxygen atoms in total. The number of amides is 2. The van der Waals surface area contributed by atoms with Crippen molar-refractivity contribution in [2.24, 2.45) is 0 Å². The van der Waals surface area contributed by atoms with Crippen LogP contribution >= 0.6 is 23.2 Å². The van der Waals surface area contributed by atoms with Gasteiger partial charge in [-0.05, 0) is 61.4 Å². The second kappa shape index (κ2) is 12.3. The summed E-state index contributed by atoms with van der Waals surface area (Å²) in [4.78, 5) is 27.9. The predicted molar refractivity (Wildman–Crippen MR) is 133 cm³/mol. The molecule has 1 atom stereocenters. The summed E-state index contributed by atoms with van der Waals surface area (Å²) >= 11 is 12.4. The van der Waals surface area contributed by atoms with E-state index >= 15 is 0 Å². The molecule has 0 radical (unpaired) electrons. The van der Waals surface area contributed by atoms with Crippen molar-refractivity contribution in [3.05, 3.63) is 69.2 Å². The van der Waals surface area contributed by atoms with Crippen LogP contribution in [0.5, 0.6) is 0 Å². The second-order valence-corrected chi connectivity index (χ2v) is 9.58. The van der Waals surface area contributed by atoms with E-state index in [4.69, 9.17) is 23.2 Å². The Kier molecular flexibility index (Phi) is 10.0. The molecule has 0 aliphatic rings. The van der Waals surface area contributed by atoms with Gasteiger partial charge in [0.05, 0.1) is 0 Å². The lowest BCUT2D eigenvalue weighted by Gasteiger charge is -2.31. The highest BCUT2D eigenvalue weighted by Crippen LogP contribution is 2.24. The van der Waals surface area contributed by atoms with Crippen LogP contribution in [-0.4, -0.2) is 28.8 Å². The SMILES string of the molecule is CCC(C(=O)NC(C)C)N(Cc1ccc(Cl)cc1Cl)C(=O)CCc1ccc(C(C)C)cc1. The van der Waals surface area contributed by atoms with Crippen molar-refractivity contribution in [2.75, 3.05) is 0 Å². The number of aryl methyl sites for hydroxylation is 1. The van der Waals surface area contributed by atoms with E-state index in [0.29, 0.717) is 35.2 Å². The van der Waals surface area contributed by atoms with Crippen molar-refractivity contribution >= 4 is 35.0 Å². The smallest absolute Gasteiger partial charge is 0.243 e. The van der Waals surface area contributed by atoms with Crippen LogP contribution in [0.2, 0.25) is 10.0 Å². The summed E-state index contributed by atoms with van der Waals surface area (Å²) in [6.45, 7) is 10.3. The third-order valence-corrected chi connectivity index (χ3v) is 6.03. The number of benzene rings is 2. The van der Waals surface area contributed by atoms with Crippen molar-refractivity contribution in [2.45, 2.75) is 78.4 Å². The third-order valence-electron chi connectivity index (χ3n) is 5.45. The lowest BCUT2D eigenvalue weighted by atomic mass is 10.00. The summed E-state index contributed by atoms with van der Waals surface area (Å²) in [5.74, 6) is 0.243. The van der Waals surface area contributed by atoms with Crippen LogP contribution in [0.1, 0.15) is 70.1 Å². The Balaban J connectivity index is 2.22. The molecule has 1 unspecified atom stereocenters. The second-order valence-electron chi connectivity index (χ2n) is 8.74. The standard InChI is InChI=1S/C26H34Cl2N2O2/c1-6-24(26(32)29-18(4)5)30(16-21-12-13-22(27)15-23(21)28)25(31)14-9-19-7-10-20(11-8-19)17(2)3/h7-8,10-13,15,17-18,24H,6,9,14,16H2,1-5H3,(H,29,32). The molecule has 174 valence electrons. The van der Waals surface area contributed by atoms with Gasteiger partial charge in [0.2, 0.25) is 11.8 Å². The van der Waals surface area contributed by atoms with Crippen molar-refractivity contribution < 1.29 is 9.59 Å². The highest BCUT2D eigenvalue weighted by atomic mass is 35.5. The number of carbonyl (C=O) groups is 2. The van der Waals surface area contributed by atoms with Gasteiger partial charge in [0.15, 0.2) is 0 Å². The molecule has 0 aromatic heterocycles. The van der Waals surface area contributed by atoms with Crippen molar-refractivity contribution in [3.8, 4) is 0 Å². The molecule has 2 aromatic carbocycles. The molecule has 0 spiro atoms. The van der Waals surface area contributed by atoms with Crippen LogP contribution in [0.25, 0.3) is 0 Å². The molecular formula is C26H34Cl2N2O2. The maximum absolute atomic E-state index is 13.3. The number of halogens is 2. The maximum Gasteiger partial charge on any atom is 0.243 e. The molecule has 2 rings (SSSR count). The zero-order valence-electron chi connectivity index (χ0n) is 19.6. The Bertz CT molecular complexity index is 911. The van der Waals surface area contributed by atoms with Crippen molar-refractivity contribution in [3.63, 3.8) is 0 Å². The Hall–Kier alpha value is -2.04. The largest absolute Gasteiger partial charge is 0.352 e. The molecule has 0 fully saturated rings. The lowest BCUT2D eigenvalue weighted by Crippen LogP contribution is -2.50. The van der Waals surface area contributed by atoms with E-state index in [2.05, 4.69) is 43.4 Å². The van der Waals surface area contributed by atoms with Gasteiger partial charge in [-0.15, -0.1) is 0 Å². The van der Waals surface area contributed by atoms with E-state index in [1.165, 1.54) is 5.56 Å². The third kappa shape index (κ3) is 7.53. The molecule has 0 saturated heterocycles. The molecular weight excluding hydrogens is 443 g/mol. The van der Waals surface area contributed by atoms with Crippen molar-refractivity contribution in [1.82, 2.24) is 10.2 Å². The van der Waals surface area contributed by atoms with Gasteiger partial charge in [-0.3, -0.25) is 9.59 Å². The van der Waals surface area contributed by atoms with E-state index in [-0.39, 0.29) is 24.4 Å². The Labute approximate surface area is 202 Å². The van der Waals surface area contributed by atoms with Gasteiger partial charge >= 0.3 is 0 Å². The number of nitrogens with one attached hydrogen (secondary N) is 1. The van der Waals surface area contributed by atoms with Crippen LogP contribution in [0.3, 0.4) is 0 Å². The van der Waals surface area contributed by atoms with Crippen LogP contribution in [0.15, 0.2) is 42.5 Å². The zero-order valence-corrected chi connectivity index (χ0v) is 21.1. The van der Waals surface area contributed by atoms with E-state index in [1.54, 1.807) is 17.0 Å². The monoisotopic (exact) mass is 476 g/mol. The number of nitrogens with zero attached hydrogens (tertiary/aromatic N) is 1. The fraction of sp³-hybridized carbons (Fsp3) is 0.462. The number of carbonyl (C=O) groups excluding carboxylic acids is 2. The minimum absolute atomic E-state index is 0.00732. The average molecular weight is 477 g/mol. The Morgan fingerprint density at radius 2 is 1.66 bits per heavy atom. The number of rotatable bonds is 10. The first-order chi connectivity index (χ1) is 15.1. The summed E-state index contributed by atoms with van der Waals surface area (Å²) in [6.07, 6.45) is 1.45. The highest BCUT2D eigenvalue weighted by molar-refractivity contribution is 6.35. The van der Waals surface area contributed by atoms with E-state index in [0.717, 1.165) is 11.1 Å². The van der Waals surface area contributed by atoms with Gasteiger partial charge < -0.3 is 10.2 Å². The van der Waals surface area contributed by atoms with Crippen LogP contribution < -0.4 is 5.32 Å². The highest BCUT2D eigenvalue weighted by Gasteiger charge is 2.29. The first-order valence-corrected chi connectivity index (χ1v) is 12.0. The average Bonchev–Trinajstić information content (AvgIpc) is 2.73. The minimum atomic E-state index is -0.569. The molecule has 0 saturated carbocycles. The summed E-state index contributed by atoms with van der Waals surface area (Å²) in [5.41, 5.74) is 3.14. The topological polar surface area (TPSA) is 49.4 Å². The van der Waals surface area contributed by atoms with Crippen molar-refractivity contribution in [1.29, 1.82) is 0 Å². The summed E-state index contributed by atoms with van der Waals surface area (Å²) < 4.78 is 0. The fourth-order valence-electron chi connectivity index (χ4n) is 3.60. The van der Waals surface area contributed by atoms with Crippen LogP contribution in [0, 0.1) is 0 Å². The number of hydrogen-bond acceptors (Lipinski definition) is 2. The molecule has 0 aliphatic heterocycles. The summed E-state index contributed by atoms with van der Waals surface area (Å²) in [7, 11) is 0. The lowest BCUT2D eigenvalue weighted by molar-refractivity contribution is -0.141. The zero-order chi connectivity index (χ0) is 23.8. The molecule has 0 aliphatic carbocycles. The van der Waals surface area contributed by atoms with Crippen LogP contribution in [-0.2, 0) is 22.6 Å². The summed E-state index contributed by atoms with van der Waals surface area (Å²) in [5, 5.41) is 3.96. The molecule has 2 amide bonds.